The molecule has 0 aromatic carbocycles. The van der Waals surface area contributed by atoms with Gasteiger partial charge in [0.1, 0.15) is 12.7 Å². The first-order valence-corrected chi connectivity index (χ1v) is 25.1. The molecule has 0 spiro atoms. The lowest BCUT2D eigenvalue weighted by molar-refractivity contribution is -0.161. The number of aliphatic hydroxyl groups is 2. The number of aliphatic hydroxyl groups excluding tert-OH is 2. The third kappa shape index (κ3) is 42.6. The molecule has 0 rings (SSSR count). The van der Waals surface area contributed by atoms with Crippen molar-refractivity contribution in [2.24, 2.45) is 0 Å². The van der Waals surface area contributed by atoms with Crippen molar-refractivity contribution in [1.82, 2.24) is 0 Å². The normalized spacial score (nSPS) is 13.8. The molecule has 3 atom stereocenters. The van der Waals surface area contributed by atoms with Crippen LogP contribution in [0.25, 0.3) is 0 Å². The molecule has 0 aliphatic carbocycles. The average molecular weight is 833 g/mol. The van der Waals surface area contributed by atoms with Crippen LogP contribution in [0, 0.1) is 0 Å². The van der Waals surface area contributed by atoms with Crippen LogP contribution in [0.5, 0.6) is 0 Å². The number of rotatable bonds is 45. The van der Waals surface area contributed by atoms with Gasteiger partial charge < -0.3 is 24.6 Å². The number of phosphoric acid groups is 1. The molecule has 1 unspecified atom stereocenters. The summed E-state index contributed by atoms with van der Waals surface area (Å²) in [6.07, 6.45) is 41.9. The standard InChI is InChI=1S/C46H89O10P/c1-3-5-7-9-11-13-15-17-19-20-21-22-24-25-27-29-31-33-35-37-45(49)53-41-44(42-55-57(51,52)54-40-43(48)39-47)56-46(50)38-36-34-32-30-28-26-23-18-16-14-12-10-8-6-4-2/h32,34,43-44,47-48H,3-31,33,35-42H2,1-2H3,(H,51,52)/b34-32+/t43-,44+/m0/s1. The molecule has 0 amide bonds. The van der Waals surface area contributed by atoms with Gasteiger partial charge >= 0.3 is 19.8 Å². The zero-order valence-corrected chi connectivity index (χ0v) is 37.7. The van der Waals surface area contributed by atoms with Crippen LogP contribution in [0.15, 0.2) is 12.2 Å². The molecule has 0 radical (unpaired) electrons. The van der Waals surface area contributed by atoms with Crippen LogP contribution in [-0.4, -0.2) is 65.7 Å². The molecule has 0 aliphatic rings. The molecule has 0 aromatic heterocycles. The SMILES string of the molecule is CCCCCCCCCCCCC/C=C/CCC(=O)O[C@H](COC(=O)CCCCCCCCCCCCCCCCCCCCC)COP(=O)(O)OC[C@@H](O)CO. The van der Waals surface area contributed by atoms with Crippen LogP contribution >= 0.6 is 7.82 Å². The monoisotopic (exact) mass is 833 g/mol. The van der Waals surface area contributed by atoms with Gasteiger partial charge in [0.25, 0.3) is 0 Å². The van der Waals surface area contributed by atoms with Gasteiger partial charge in [0.05, 0.1) is 19.8 Å². The van der Waals surface area contributed by atoms with E-state index in [-0.39, 0.29) is 19.4 Å². The molecular weight excluding hydrogens is 743 g/mol. The molecule has 11 heteroatoms. The summed E-state index contributed by atoms with van der Waals surface area (Å²) in [7, 11) is -4.62. The number of allylic oxidation sites excluding steroid dienone is 2. The molecule has 0 aliphatic heterocycles. The van der Waals surface area contributed by atoms with Crippen molar-refractivity contribution >= 4 is 19.8 Å². The van der Waals surface area contributed by atoms with Crippen LogP contribution in [0.3, 0.4) is 0 Å². The Morgan fingerprint density at radius 3 is 1.33 bits per heavy atom. The summed E-state index contributed by atoms with van der Waals surface area (Å²) in [6, 6.07) is 0. The van der Waals surface area contributed by atoms with Gasteiger partial charge in [-0.2, -0.15) is 0 Å². The minimum Gasteiger partial charge on any atom is -0.462 e. The van der Waals surface area contributed by atoms with E-state index < -0.39 is 51.8 Å². The smallest absolute Gasteiger partial charge is 0.462 e. The van der Waals surface area contributed by atoms with Crippen molar-refractivity contribution in [2.45, 2.75) is 244 Å². The van der Waals surface area contributed by atoms with Crippen molar-refractivity contribution in [2.75, 3.05) is 26.4 Å². The first-order chi connectivity index (χ1) is 27.7. The van der Waals surface area contributed by atoms with Gasteiger partial charge in [-0.25, -0.2) is 4.57 Å². The van der Waals surface area contributed by atoms with Crippen LogP contribution in [0.4, 0.5) is 0 Å². The Bertz CT molecular complexity index is 961. The number of phosphoric ester groups is 1. The van der Waals surface area contributed by atoms with E-state index in [0.717, 1.165) is 32.1 Å². The number of hydrogen-bond donors (Lipinski definition) is 3. The van der Waals surface area contributed by atoms with Crippen LogP contribution in [-0.2, 0) is 32.7 Å². The largest absolute Gasteiger partial charge is 0.472 e. The number of carbonyl (C=O) groups excluding carboxylic acids is 2. The Labute approximate surface area is 349 Å². The van der Waals surface area contributed by atoms with Crippen molar-refractivity contribution in [3.8, 4) is 0 Å². The third-order valence-corrected chi connectivity index (χ3v) is 11.4. The van der Waals surface area contributed by atoms with Gasteiger partial charge in [-0.3, -0.25) is 18.6 Å². The molecule has 10 nitrogen and oxygen atoms in total. The van der Waals surface area contributed by atoms with Crippen molar-refractivity contribution < 1.29 is 47.8 Å². The summed E-state index contributed by atoms with van der Waals surface area (Å²) >= 11 is 0. The fourth-order valence-electron chi connectivity index (χ4n) is 6.78. The number of carbonyl (C=O) groups is 2. The predicted molar refractivity (Wildman–Crippen MR) is 233 cm³/mol. The first-order valence-electron chi connectivity index (χ1n) is 23.6. The summed E-state index contributed by atoms with van der Waals surface area (Å²) in [5.74, 6) is -0.968. The second-order valence-corrected chi connectivity index (χ2v) is 17.6. The number of esters is 2. The lowest BCUT2D eigenvalue weighted by atomic mass is 10.0. The Morgan fingerprint density at radius 1 is 0.509 bits per heavy atom. The van der Waals surface area contributed by atoms with E-state index in [0.29, 0.717) is 12.8 Å². The summed E-state index contributed by atoms with van der Waals surface area (Å²) < 4.78 is 32.7. The molecule has 57 heavy (non-hydrogen) atoms. The average Bonchev–Trinajstić information content (AvgIpc) is 3.20. The zero-order valence-electron chi connectivity index (χ0n) is 36.8. The fourth-order valence-corrected chi connectivity index (χ4v) is 7.57. The molecule has 0 heterocycles. The number of hydrogen-bond acceptors (Lipinski definition) is 9. The van der Waals surface area contributed by atoms with E-state index in [9.17, 15) is 24.2 Å². The highest BCUT2D eigenvalue weighted by atomic mass is 31.2. The molecule has 0 aromatic rings. The van der Waals surface area contributed by atoms with E-state index in [2.05, 4.69) is 19.9 Å². The number of unbranched alkanes of at least 4 members (excludes halogenated alkanes) is 29. The van der Waals surface area contributed by atoms with Crippen molar-refractivity contribution in [3.05, 3.63) is 12.2 Å². The van der Waals surface area contributed by atoms with Gasteiger partial charge in [-0.05, 0) is 25.7 Å². The predicted octanol–water partition coefficient (Wildman–Crippen LogP) is 12.8. The topological polar surface area (TPSA) is 149 Å². The molecule has 0 saturated heterocycles. The van der Waals surface area contributed by atoms with Crippen LogP contribution in [0.1, 0.15) is 232 Å². The second-order valence-electron chi connectivity index (χ2n) is 16.1. The van der Waals surface area contributed by atoms with Gasteiger partial charge in [0, 0.05) is 12.8 Å². The Balaban J connectivity index is 4.22. The summed E-state index contributed by atoms with van der Waals surface area (Å²) in [4.78, 5) is 35.0. The first kappa shape index (κ1) is 55.7. The molecular formula is C46H89O10P. The second kappa shape index (κ2) is 42.8. The maximum Gasteiger partial charge on any atom is 0.472 e. The quantitative estimate of drug-likeness (QED) is 0.0234. The highest BCUT2D eigenvalue weighted by Gasteiger charge is 2.27. The minimum absolute atomic E-state index is 0.106. The third-order valence-electron chi connectivity index (χ3n) is 10.4. The molecule has 3 N–H and O–H groups in total. The lowest BCUT2D eigenvalue weighted by Gasteiger charge is -2.20. The number of ether oxygens (including phenoxy) is 2. The lowest BCUT2D eigenvalue weighted by Crippen LogP contribution is -2.29. The van der Waals surface area contributed by atoms with E-state index in [1.807, 2.05) is 6.08 Å². The highest BCUT2D eigenvalue weighted by molar-refractivity contribution is 7.47. The molecule has 0 bridgehead atoms. The van der Waals surface area contributed by atoms with E-state index in [1.165, 1.54) is 161 Å². The fraction of sp³-hybridized carbons (Fsp3) is 0.913. The molecule has 0 fully saturated rings. The van der Waals surface area contributed by atoms with Crippen molar-refractivity contribution in [3.63, 3.8) is 0 Å². The zero-order chi connectivity index (χ0) is 41.9. The Hall–Kier alpha value is -1.29. The van der Waals surface area contributed by atoms with Crippen molar-refractivity contribution in [1.29, 1.82) is 0 Å². The van der Waals surface area contributed by atoms with Crippen LogP contribution in [0.2, 0.25) is 0 Å². The Kier molecular flexibility index (Phi) is 41.9. The highest BCUT2D eigenvalue weighted by Crippen LogP contribution is 2.43. The van der Waals surface area contributed by atoms with E-state index >= 15 is 0 Å². The molecule has 338 valence electrons. The van der Waals surface area contributed by atoms with E-state index in [4.69, 9.17) is 23.6 Å². The summed E-state index contributed by atoms with van der Waals surface area (Å²) in [5, 5.41) is 18.3. The minimum atomic E-state index is -4.62. The summed E-state index contributed by atoms with van der Waals surface area (Å²) in [6.45, 7) is 2.38. The van der Waals surface area contributed by atoms with Gasteiger partial charge in [0.2, 0.25) is 0 Å². The Morgan fingerprint density at radius 2 is 0.895 bits per heavy atom. The van der Waals surface area contributed by atoms with Gasteiger partial charge in [-0.15, -0.1) is 0 Å². The maximum absolute atomic E-state index is 12.6. The summed E-state index contributed by atoms with van der Waals surface area (Å²) in [5.41, 5.74) is 0. The van der Waals surface area contributed by atoms with Gasteiger partial charge in [0.15, 0.2) is 6.10 Å². The molecule has 0 saturated carbocycles. The maximum atomic E-state index is 12.6. The van der Waals surface area contributed by atoms with E-state index in [1.54, 1.807) is 0 Å². The van der Waals surface area contributed by atoms with Crippen LogP contribution < -0.4 is 0 Å². The van der Waals surface area contributed by atoms with Gasteiger partial charge in [-0.1, -0.05) is 206 Å².